The van der Waals surface area contributed by atoms with E-state index < -0.39 is 0 Å². The van der Waals surface area contributed by atoms with Crippen molar-refractivity contribution in [2.75, 3.05) is 18.0 Å². The van der Waals surface area contributed by atoms with Crippen molar-refractivity contribution in [1.29, 1.82) is 5.26 Å². The Hall–Kier alpha value is -1.63. The topological polar surface area (TPSA) is 52.8 Å². The lowest BCUT2D eigenvalue weighted by atomic mass is 9.62. The van der Waals surface area contributed by atoms with Crippen LogP contribution in [0, 0.1) is 35.0 Å². The first kappa shape index (κ1) is 15.8. The van der Waals surface area contributed by atoms with Crippen molar-refractivity contribution in [2.45, 2.75) is 48.0 Å². The first-order chi connectivity index (χ1) is 9.65. The van der Waals surface area contributed by atoms with Crippen molar-refractivity contribution in [3.05, 3.63) is 17.5 Å². The first-order valence-corrected chi connectivity index (χ1v) is 7.64. The largest absolute Gasteiger partial charge is 0.340 e. The summed E-state index contributed by atoms with van der Waals surface area (Å²) in [4.78, 5) is 11.2. The zero-order valence-electron chi connectivity index (χ0n) is 14.1. The standard InChI is InChI=1S/C17H26N4/c1-12-13(9-18)10-19-15(20-12)21-8-7-14(16(2,3)4)17(5,6)11-21/h10,14H,7-8,11H2,1-6H3. The van der Waals surface area contributed by atoms with Gasteiger partial charge in [0, 0.05) is 13.1 Å². The maximum Gasteiger partial charge on any atom is 0.225 e. The minimum absolute atomic E-state index is 0.224. The third-order valence-electron chi connectivity index (χ3n) is 4.64. The maximum atomic E-state index is 8.98. The van der Waals surface area contributed by atoms with Gasteiger partial charge >= 0.3 is 0 Å². The molecule has 0 aliphatic carbocycles. The van der Waals surface area contributed by atoms with Gasteiger partial charge < -0.3 is 4.90 Å². The van der Waals surface area contributed by atoms with Crippen LogP contribution in [-0.2, 0) is 0 Å². The van der Waals surface area contributed by atoms with Crippen molar-refractivity contribution in [1.82, 2.24) is 9.97 Å². The second-order valence-electron chi connectivity index (χ2n) is 7.90. The number of rotatable bonds is 1. The van der Waals surface area contributed by atoms with E-state index in [0.717, 1.165) is 31.2 Å². The molecule has 0 amide bonds. The van der Waals surface area contributed by atoms with E-state index in [1.807, 2.05) is 6.92 Å². The summed E-state index contributed by atoms with van der Waals surface area (Å²) in [7, 11) is 0. The van der Waals surface area contributed by atoms with E-state index in [0.29, 0.717) is 16.9 Å². The lowest BCUT2D eigenvalue weighted by Gasteiger charge is -2.50. The SMILES string of the molecule is Cc1nc(N2CCC(C(C)(C)C)C(C)(C)C2)ncc1C#N. The van der Waals surface area contributed by atoms with E-state index in [2.05, 4.69) is 55.6 Å². The summed E-state index contributed by atoms with van der Waals surface area (Å²) in [5.41, 5.74) is 1.86. The van der Waals surface area contributed by atoms with Crippen molar-refractivity contribution in [3.63, 3.8) is 0 Å². The van der Waals surface area contributed by atoms with E-state index in [-0.39, 0.29) is 5.41 Å². The van der Waals surface area contributed by atoms with Crippen molar-refractivity contribution >= 4 is 5.95 Å². The molecule has 1 saturated heterocycles. The molecular weight excluding hydrogens is 260 g/mol. The normalized spacial score (nSPS) is 22.0. The van der Waals surface area contributed by atoms with Crippen LogP contribution in [0.1, 0.15) is 52.3 Å². The summed E-state index contributed by atoms with van der Waals surface area (Å²) in [6, 6.07) is 2.13. The third-order valence-corrected chi connectivity index (χ3v) is 4.64. The van der Waals surface area contributed by atoms with Crippen LogP contribution in [0.2, 0.25) is 0 Å². The molecule has 2 heterocycles. The van der Waals surface area contributed by atoms with Gasteiger partial charge in [-0.3, -0.25) is 0 Å². The molecule has 0 spiro atoms. The van der Waals surface area contributed by atoms with Crippen LogP contribution < -0.4 is 4.90 Å². The fourth-order valence-corrected chi connectivity index (χ4v) is 3.85. The summed E-state index contributed by atoms with van der Waals surface area (Å²) >= 11 is 0. The predicted octanol–water partition coefficient (Wildman–Crippen LogP) is 3.56. The number of aromatic nitrogens is 2. The van der Waals surface area contributed by atoms with E-state index in [1.165, 1.54) is 0 Å². The van der Waals surface area contributed by atoms with Crippen LogP contribution >= 0.6 is 0 Å². The smallest absolute Gasteiger partial charge is 0.225 e. The molecule has 1 aliphatic rings. The molecule has 4 heteroatoms. The number of nitriles is 1. The summed E-state index contributed by atoms with van der Waals surface area (Å²) < 4.78 is 0. The van der Waals surface area contributed by atoms with E-state index in [4.69, 9.17) is 5.26 Å². The number of hydrogen-bond acceptors (Lipinski definition) is 4. The number of anilines is 1. The van der Waals surface area contributed by atoms with Gasteiger partial charge in [0.25, 0.3) is 0 Å². The summed E-state index contributed by atoms with van der Waals surface area (Å²) in [5, 5.41) is 8.98. The van der Waals surface area contributed by atoms with Gasteiger partial charge in [0.05, 0.1) is 17.5 Å². The Balaban J connectivity index is 2.22. The molecule has 0 N–H and O–H groups in total. The molecule has 0 aromatic carbocycles. The molecule has 1 unspecified atom stereocenters. The number of aryl methyl sites for hydroxylation is 1. The second kappa shape index (κ2) is 5.29. The molecule has 0 radical (unpaired) electrons. The highest BCUT2D eigenvalue weighted by molar-refractivity contribution is 5.38. The molecule has 1 aromatic rings. The van der Waals surface area contributed by atoms with Crippen LogP contribution in [0.3, 0.4) is 0 Å². The average molecular weight is 286 g/mol. The maximum absolute atomic E-state index is 8.98. The van der Waals surface area contributed by atoms with Crippen molar-refractivity contribution < 1.29 is 0 Å². The van der Waals surface area contributed by atoms with Crippen LogP contribution in [0.5, 0.6) is 0 Å². The molecule has 0 bridgehead atoms. The fraction of sp³-hybridized carbons (Fsp3) is 0.706. The van der Waals surface area contributed by atoms with Gasteiger partial charge in [0.1, 0.15) is 6.07 Å². The van der Waals surface area contributed by atoms with Crippen LogP contribution in [-0.4, -0.2) is 23.1 Å². The van der Waals surface area contributed by atoms with Crippen molar-refractivity contribution in [3.8, 4) is 6.07 Å². The fourth-order valence-electron chi connectivity index (χ4n) is 3.85. The molecule has 4 nitrogen and oxygen atoms in total. The molecule has 21 heavy (non-hydrogen) atoms. The van der Waals surface area contributed by atoms with Gasteiger partial charge in [-0.05, 0) is 30.1 Å². The number of piperidine rings is 1. The second-order valence-corrected chi connectivity index (χ2v) is 7.90. The van der Waals surface area contributed by atoms with E-state index in [1.54, 1.807) is 6.20 Å². The predicted molar refractivity (Wildman–Crippen MR) is 85.0 cm³/mol. The minimum atomic E-state index is 0.224. The molecule has 1 aromatic heterocycles. The summed E-state index contributed by atoms with van der Waals surface area (Å²) in [5.74, 6) is 1.44. The van der Waals surface area contributed by atoms with Gasteiger partial charge in [-0.2, -0.15) is 5.26 Å². The monoisotopic (exact) mass is 286 g/mol. The molecule has 2 rings (SSSR count). The summed E-state index contributed by atoms with van der Waals surface area (Å²) in [6.07, 6.45) is 2.79. The molecule has 114 valence electrons. The minimum Gasteiger partial charge on any atom is -0.340 e. The Labute approximate surface area is 128 Å². The molecular formula is C17H26N4. The molecule has 1 aliphatic heterocycles. The quantitative estimate of drug-likeness (QED) is 0.792. The lowest BCUT2D eigenvalue weighted by Crippen LogP contribution is -2.50. The Kier molecular flexibility index (Phi) is 3.97. The Morgan fingerprint density at radius 3 is 2.52 bits per heavy atom. The van der Waals surface area contributed by atoms with Gasteiger partial charge in [-0.25, -0.2) is 9.97 Å². The van der Waals surface area contributed by atoms with Gasteiger partial charge in [-0.15, -0.1) is 0 Å². The third kappa shape index (κ3) is 3.18. The Morgan fingerprint density at radius 2 is 2.05 bits per heavy atom. The Bertz CT molecular complexity index is 563. The summed E-state index contributed by atoms with van der Waals surface area (Å²) in [6.45, 7) is 15.5. The van der Waals surface area contributed by atoms with Gasteiger partial charge in [-0.1, -0.05) is 34.6 Å². The molecule has 1 fully saturated rings. The Morgan fingerprint density at radius 1 is 1.38 bits per heavy atom. The van der Waals surface area contributed by atoms with Gasteiger partial charge in [0.2, 0.25) is 5.95 Å². The number of nitrogens with zero attached hydrogens (tertiary/aromatic N) is 4. The van der Waals surface area contributed by atoms with Crippen LogP contribution in [0.25, 0.3) is 0 Å². The average Bonchev–Trinajstić information content (AvgIpc) is 2.35. The zero-order valence-corrected chi connectivity index (χ0v) is 14.1. The molecule has 0 saturated carbocycles. The zero-order chi connectivity index (χ0) is 15.8. The van der Waals surface area contributed by atoms with Crippen molar-refractivity contribution in [2.24, 2.45) is 16.7 Å². The first-order valence-electron chi connectivity index (χ1n) is 7.64. The highest BCUT2D eigenvalue weighted by Gasteiger charge is 2.42. The van der Waals surface area contributed by atoms with Crippen LogP contribution in [0.15, 0.2) is 6.20 Å². The highest BCUT2D eigenvalue weighted by atomic mass is 15.3. The van der Waals surface area contributed by atoms with E-state index >= 15 is 0 Å². The van der Waals surface area contributed by atoms with Crippen LogP contribution in [0.4, 0.5) is 5.95 Å². The molecule has 1 atom stereocenters. The highest BCUT2D eigenvalue weighted by Crippen LogP contribution is 2.45. The van der Waals surface area contributed by atoms with E-state index in [9.17, 15) is 0 Å². The van der Waals surface area contributed by atoms with Gasteiger partial charge in [0.15, 0.2) is 0 Å². The lowest BCUT2D eigenvalue weighted by molar-refractivity contribution is 0.0648. The number of hydrogen-bond donors (Lipinski definition) is 0.